The van der Waals surface area contributed by atoms with Gasteiger partial charge in [0.2, 0.25) is 5.91 Å². The fourth-order valence-electron chi connectivity index (χ4n) is 4.26. The Balaban J connectivity index is 1.58. The van der Waals surface area contributed by atoms with Crippen LogP contribution in [0.3, 0.4) is 0 Å². The number of fused-ring (bicyclic) bond motifs is 1. The molecule has 5 rings (SSSR count). The van der Waals surface area contributed by atoms with Gasteiger partial charge in [0.15, 0.2) is 0 Å². The summed E-state index contributed by atoms with van der Waals surface area (Å²) in [5.41, 5.74) is 4.94. The minimum atomic E-state index is -0.273. The van der Waals surface area contributed by atoms with Crippen molar-refractivity contribution >= 4 is 22.7 Å². The quantitative estimate of drug-likeness (QED) is 0.463. The first-order chi connectivity index (χ1) is 15.6. The Hall–Kier alpha value is -3.93. The highest BCUT2D eigenvalue weighted by Gasteiger charge is 2.35. The molecule has 1 atom stereocenters. The number of imidazole rings is 1. The number of hydrogen-bond acceptors (Lipinski definition) is 4. The summed E-state index contributed by atoms with van der Waals surface area (Å²) in [5, 5.41) is 6.27. The lowest BCUT2D eigenvalue weighted by Gasteiger charge is -2.21. The number of aromatic nitrogens is 2. The summed E-state index contributed by atoms with van der Waals surface area (Å²) in [4.78, 5) is 17.5. The molecular weight excluding hydrogens is 400 g/mol. The summed E-state index contributed by atoms with van der Waals surface area (Å²) in [6.07, 6.45) is 0.588. The lowest BCUT2D eigenvalue weighted by Crippen LogP contribution is -2.27. The Labute approximate surface area is 186 Å². The van der Waals surface area contributed by atoms with Crippen LogP contribution < -0.4 is 4.74 Å². The van der Waals surface area contributed by atoms with E-state index in [1.54, 1.807) is 19.0 Å². The summed E-state index contributed by atoms with van der Waals surface area (Å²) in [7, 11) is 1.65. The summed E-state index contributed by atoms with van der Waals surface area (Å²) < 4.78 is 7.58. The summed E-state index contributed by atoms with van der Waals surface area (Å²) in [6, 6.07) is 25.9. The van der Waals surface area contributed by atoms with Crippen molar-refractivity contribution in [2.45, 2.75) is 25.9 Å². The highest BCUT2D eigenvalue weighted by atomic mass is 16.5. The van der Waals surface area contributed by atoms with Crippen LogP contribution in [-0.2, 0) is 11.3 Å². The zero-order valence-corrected chi connectivity index (χ0v) is 18.1. The van der Waals surface area contributed by atoms with Gasteiger partial charge >= 0.3 is 0 Å². The van der Waals surface area contributed by atoms with E-state index in [9.17, 15) is 4.79 Å². The summed E-state index contributed by atoms with van der Waals surface area (Å²) in [6.45, 7) is 2.22. The zero-order chi connectivity index (χ0) is 22.1. The maximum absolute atomic E-state index is 12.6. The Bertz CT molecular complexity index is 1310. The molecule has 1 aliphatic rings. The van der Waals surface area contributed by atoms with Crippen LogP contribution in [0.5, 0.6) is 5.75 Å². The van der Waals surface area contributed by atoms with Gasteiger partial charge in [-0.05, 0) is 29.8 Å². The predicted molar refractivity (Wildman–Crippen MR) is 125 cm³/mol. The number of nitrogens with zero attached hydrogens (tertiary/aromatic N) is 4. The number of rotatable bonds is 5. The fourth-order valence-corrected chi connectivity index (χ4v) is 4.26. The maximum Gasteiger partial charge on any atom is 0.240 e. The van der Waals surface area contributed by atoms with E-state index < -0.39 is 0 Å². The largest absolute Gasteiger partial charge is 0.497 e. The molecule has 0 aliphatic carbocycles. The number of benzene rings is 3. The average molecular weight is 425 g/mol. The van der Waals surface area contributed by atoms with Crippen molar-refractivity contribution in [2.24, 2.45) is 5.10 Å². The van der Waals surface area contributed by atoms with E-state index in [4.69, 9.17) is 14.8 Å². The number of carbonyl (C=O) groups is 1. The van der Waals surface area contributed by atoms with Crippen molar-refractivity contribution in [1.82, 2.24) is 14.6 Å². The highest BCUT2D eigenvalue weighted by molar-refractivity contribution is 6.03. The number of hydrogen-bond donors (Lipinski definition) is 0. The van der Waals surface area contributed by atoms with Crippen LogP contribution >= 0.6 is 0 Å². The smallest absolute Gasteiger partial charge is 0.240 e. The Morgan fingerprint density at radius 1 is 1.03 bits per heavy atom. The van der Waals surface area contributed by atoms with Gasteiger partial charge < -0.3 is 9.30 Å². The van der Waals surface area contributed by atoms with E-state index >= 15 is 0 Å². The predicted octanol–water partition coefficient (Wildman–Crippen LogP) is 4.79. The molecule has 1 aliphatic heterocycles. The third-order valence-electron chi connectivity index (χ3n) is 5.80. The van der Waals surface area contributed by atoms with Gasteiger partial charge in [-0.15, -0.1) is 0 Å². The van der Waals surface area contributed by atoms with Crippen molar-refractivity contribution in [1.29, 1.82) is 0 Å². The average Bonchev–Trinajstić information content (AvgIpc) is 3.42. The number of carbonyl (C=O) groups excluding carboxylic acids is 1. The van der Waals surface area contributed by atoms with Crippen molar-refractivity contribution in [3.63, 3.8) is 0 Å². The maximum atomic E-state index is 12.6. The first-order valence-corrected chi connectivity index (χ1v) is 10.6. The Morgan fingerprint density at radius 2 is 1.81 bits per heavy atom. The number of methoxy groups -OCH3 is 1. The Kier molecular flexibility index (Phi) is 5.19. The van der Waals surface area contributed by atoms with E-state index in [0.29, 0.717) is 13.0 Å². The van der Waals surface area contributed by atoms with Gasteiger partial charge in [-0.2, -0.15) is 5.10 Å². The van der Waals surface area contributed by atoms with Crippen molar-refractivity contribution in [2.75, 3.05) is 7.11 Å². The van der Waals surface area contributed by atoms with Gasteiger partial charge in [-0.25, -0.2) is 9.99 Å². The number of hydrazone groups is 1. The van der Waals surface area contributed by atoms with Crippen molar-refractivity contribution < 1.29 is 9.53 Å². The molecule has 4 aromatic rings. The van der Waals surface area contributed by atoms with Gasteiger partial charge in [0.1, 0.15) is 17.6 Å². The van der Waals surface area contributed by atoms with Gasteiger partial charge in [-0.3, -0.25) is 4.79 Å². The molecular formula is C26H24N4O2. The molecule has 0 saturated heterocycles. The minimum Gasteiger partial charge on any atom is -0.497 e. The molecule has 0 saturated carbocycles. The lowest BCUT2D eigenvalue weighted by molar-refractivity contribution is -0.130. The van der Waals surface area contributed by atoms with Crippen molar-refractivity contribution in [3.8, 4) is 5.75 Å². The third kappa shape index (κ3) is 3.64. The molecule has 6 nitrogen and oxygen atoms in total. The highest BCUT2D eigenvalue weighted by Crippen LogP contribution is 2.35. The second-order valence-electron chi connectivity index (χ2n) is 7.89. The van der Waals surface area contributed by atoms with Crippen molar-refractivity contribution in [3.05, 3.63) is 95.8 Å². The van der Waals surface area contributed by atoms with E-state index in [0.717, 1.165) is 33.9 Å². The lowest BCUT2D eigenvalue weighted by atomic mass is 10.0. The Morgan fingerprint density at radius 3 is 2.59 bits per heavy atom. The molecule has 0 unspecified atom stereocenters. The number of amides is 1. The second-order valence-corrected chi connectivity index (χ2v) is 7.89. The topological polar surface area (TPSA) is 59.7 Å². The molecule has 0 spiro atoms. The van der Waals surface area contributed by atoms with Crippen LogP contribution in [0.1, 0.15) is 36.3 Å². The van der Waals surface area contributed by atoms with Crippen LogP contribution in [0, 0.1) is 0 Å². The van der Waals surface area contributed by atoms with Crippen LogP contribution in [0.2, 0.25) is 0 Å². The van der Waals surface area contributed by atoms with E-state index in [1.807, 2.05) is 60.7 Å². The SMILES string of the molecule is COc1cccc(C2=NN(C(C)=O)[C@H](c3nc4ccccc4n3Cc3ccccc3)C2)c1. The zero-order valence-electron chi connectivity index (χ0n) is 18.1. The molecule has 32 heavy (non-hydrogen) atoms. The molecule has 0 fully saturated rings. The second kappa shape index (κ2) is 8.30. The molecule has 0 bridgehead atoms. The number of para-hydroxylation sites is 2. The summed E-state index contributed by atoms with van der Waals surface area (Å²) >= 11 is 0. The fraction of sp³-hybridized carbons (Fsp3) is 0.192. The van der Waals surface area contributed by atoms with Crippen LogP contribution in [0.25, 0.3) is 11.0 Å². The molecule has 2 heterocycles. The first-order valence-electron chi connectivity index (χ1n) is 10.6. The van der Waals surface area contributed by atoms with Crippen LogP contribution in [-0.4, -0.2) is 33.3 Å². The molecule has 0 N–H and O–H groups in total. The van der Waals surface area contributed by atoms with Gasteiger partial charge in [0.25, 0.3) is 0 Å². The molecule has 6 heteroatoms. The van der Waals surface area contributed by atoms with E-state index in [1.165, 1.54) is 5.56 Å². The molecule has 3 aromatic carbocycles. The van der Waals surface area contributed by atoms with Crippen LogP contribution in [0.4, 0.5) is 0 Å². The monoisotopic (exact) mass is 424 g/mol. The molecule has 1 amide bonds. The normalized spacial score (nSPS) is 15.8. The first kappa shape index (κ1) is 20.0. The molecule has 160 valence electrons. The molecule has 0 radical (unpaired) electrons. The number of ether oxygens (including phenoxy) is 1. The van der Waals surface area contributed by atoms with Gasteiger partial charge in [0, 0.05) is 25.5 Å². The minimum absolute atomic E-state index is 0.105. The summed E-state index contributed by atoms with van der Waals surface area (Å²) in [5.74, 6) is 1.50. The van der Waals surface area contributed by atoms with E-state index in [-0.39, 0.29) is 11.9 Å². The molecule has 1 aromatic heterocycles. The van der Waals surface area contributed by atoms with Crippen LogP contribution in [0.15, 0.2) is 84.0 Å². The van der Waals surface area contributed by atoms with Gasteiger partial charge in [-0.1, -0.05) is 54.6 Å². The third-order valence-corrected chi connectivity index (χ3v) is 5.80. The van der Waals surface area contributed by atoms with E-state index in [2.05, 4.69) is 22.8 Å². The standard InChI is InChI=1S/C26H24N4O2/c1-18(31)30-25(16-23(28-30)20-11-8-12-21(15-20)32-2)26-27-22-13-6-7-14-24(22)29(26)17-19-9-4-3-5-10-19/h3-15,25H,16-17H2,1-2H3/t25-/m0/s1. The van der Waals surface area contributed by atoms with Gasteiger partial charge in [0.05, 0.1) is 23.9 Å².